The Morgan fingerprint density at radius 2 is 2.00 bits per heavy atom. The number of anilines is 1. The van der Waals surface area contributed by atoms with Crippen molar-refractivity contribution >= 4 is 22.5 Å². The molecule has 0 saturated carbocycles. The summed E-state index contributed by atoms with van der Waals surface area (Å²) in [6, 6.07) is 9.43. The molecule has 0 N–H and O–H groups in total. The Kier molecular flexibility index (Phi) is 6.05. The molecule has 2 fully saturated rings. The first-order valence-electron chi connectivity index (χ1n) is 12.2. The summed E-state index contributed by atoms with van der Waals surface area (Å²) in [5.41, 5.74) is 3.87. The quantitative estimate of drug-likeness (QED) is 0.515. The van der Waals surface area contributed by atoms with Crippen LogP contribution in [0.5, 0.6) is 0 Å². The minimum absolute atomic E-state index is 0.0181. The zero-order chi connectivity index (χ0) is 25.6. The lowest BCUT2D eigenvalue weighted by atomic mass is 9.79. The van der Waals surface area contributed by atoms with Crippen molar-refractivity contribution in [1.82, 2.24) is 19.6 Å². The monoisotopic (exact) mass is 486 g/mol. The number of likely N-dealkylation sites (tertiary alicyclic amines) is 1. The fraction of sp³-hybridized carbons (Fsp3) is 0.393. The standard InChI is InChI=1S/C28H31FN6O/c1-19-7-8-20-15-31-33(4)27(20)25(19)26-21(14-30)23(10-9-22(26)29)34-13-11-28(16-34)17-35(18-28)24(36)6-5-12-32(2)3/h5-10,15H,11-13,16-18H2,1-4H3/b6-5+. The normalized spacial score (nSPS) is 16.9. The summed E-state index contributed by atoms with van der Waals surface area (Å²) < 4.78 is 17.1. The molecule has 8 heteroatoms. The highest BCUT2D eigenvalue weighted by Gasteiger charge is 2.49. The van der Waals surface area contributed by atoms with Gasteiger partial charge in [0.25, 0.3) is 0 Å². The third kappa shape index (κ3) is 4.03. The second-order valence-electron chi connectivity index (χ2n) is 10.4. The molecular weight excluding hydrogens is 455 g/mol. The van der Waals surface area contributed by atoms with Crippen molar-refractivity contribution in [3.05, 3.63) is 59.6 Å². The number of nitrogens with zero attached hydrogens (tertiary/aromatic N) is 6. The van der Waals surface area contributed by atoms with Crippen molar-refractivity contribution in [2.75, 3.05) is 51.7 Å². The maximum Gasteiger partial charge on any atom is 0.246 e. The van der Waals surface area contributed by atoms with E-state index in [0.717, 1.165) is 48.2 Å². The van der Waals surface area contributed by atoms with E-state index in [4.69, 9.17) is 0 Å². The lowest BCUT2D eigenvalue weighted by Gasteiger charge is -2.47. The number of likely N-dealkylation sites (N-methyl/N-ethyl adjacent to an activating group) is 1. The van der Waals surface area contributed by atoms with E-state index in [0.29, 0.717) is 29.8 Å². The van der Waals surface area contributed by atoms with Crippen LogP contribution in [0.1, 0.15) is 17.5 Å². The van der Waals surface area contributed by atoms with Crippen LogP contribution in [0.4, 0.5) is 10.1 Å². The fourth-order valence-electron chi connectivity index (χ4n) is 5.66. The van der Waals surface area contributed by atoms with Crippen LogP contribution in [-0.2, 0) is 11.8 Å². The number of benzene rings is 2. The van der Waals surface area contributed by atoms with Gasteiger partial charge in [-0.2, -0.15) is 10.4 Å². The lowest BCUT2D eigenvalue weighted by molar-refractivity contribution is -0.136. The molecule has 0 radical (unpaired) electrons. The number of hydrogen-bond acceptors (Lipinski definition) is 5. The first kappa shape index (κ1) is 24.0. The maximum atomic E-state index is 15.4. The van der Waals surface area contributed by atoms with E-state index < -0.39 is 5.82 Å². The predicted molar refractivity (Wildman–Crippen MR) is 139 cm³/mol. The minimum atomic E-state index is -0.411. The molecule has 0 atom stereocenters. The van der Waals surface area contributed by atoms with Gasteiger partial charge in [0, 0.05) is 67.8 Å². The number of carbonyl (C=O) groups excluding carboxylic acids is 1. The molecule has 3 aromatic rings. The van der Waals surface area contributed by atoms with Crippen LogP contribution in [0, 0.1) is 29.5 Å². The van der Waals surface area contributed by atoms with Crippen molar-refractivity contribution < 1.29 is 9.18 Å². The summed E-state index contributed by atoms with van der Waals surface area (Å²) in [7, 11) is 5.77. The van der Waals surface area contributed by atoms with E-state index in [1.165, 1.54) is 6.07 Å². The SMILES string of the molecule is Cc1ccc2cnn(C)c2c1-c1c(F)ccc(N2CCC3(CN(C(=O)/C=C/CN(C)C)C3)C2)c1C#N. The van der Waals surface area contributed by atoms with E-state index in [1.54, 1.807) is 23.0 Å². The summed E-state index contributed by atoms with van der Waals surface area (Å²) in [5.74, 6) is -0.367. The molecule has 7 nitrogen and oxygen atoms in total. The molecule has 2 aliphatic heterocycles. The Morgan fingerprint density at radius 3 is 2.72 bits per heavy atom. The Morgan fingerprint density at radius 1 is 1.22 bits per heavy atom. The van der Waals surface area contributed by atoms with Gasteiger partial charge in [-0.05, 0) is 45.1 Å². The molecule has 2 aromatic carbocycles. The first-order chi connectivity index (χ1) is 17.2. The van der Waals surface area contributed by atoms with Crippen LogP contribution < -0.4 is 4.90 Å². The summed E-state index contributed by atoms with van der Waals surface area (Å²) in [6.45, 7) is 5.59. The molecule has 186 valence electrons. The molecule has 3 heterocycles. The predicted octanol–water partition coefficient (Wildman–Crippen LogP) is 3.72. The second kappa shape index (κ2) is 9.07. The third-order valence-corrected chi connectivity index (χ3v) is 7.48. The van der Waals surface area contributed by atoms with Gasteiger partial charge in [0.15, 0.2) is 0 Å². The minimum Gasteiger partial charge on any atom is -0.370 e. The van der Waals surface area contributed by atoms with Gasteiger partial charge in [-0.3, -0.25) is 9.48 Å². The van der Waals surface area contributed by atoms with E-state index in [1.807, 2.05) is 56.1 Å². The molecule has 1 spiro atoms. The summed E-state index contributed by atoms with van der Waals surface area (Å²) >= 11 is 0. The molecule has 0 unspecified atom stereocenters. The molecule has 0 aliphatic carbocycles. The number of aromatic nitrogens is 2. The van der Waals surface area contributed by atoms with Crippen LogP contribution in [0.2, 0.25) is 0 Å². The van der Waals surface area contributed by atoms with Gasteiger partial charge in [-0.1, -0.05) is 18.2 Å². The largest absolute Gasteiger partial charge is 0.370 e. The number of hydrogen-bond donors (Lipinski definition) is 0. The Hall–Kier alpha value is -3.70. The average Bonchev–Trinajstić information content (AvgIpc) is 3.43. The van der Waals surface area contributed by atoms with Crippen LogP contribution in [0.3, 0.4) is 0 Å². The van der Waals surface area contributed by atoms with Gasteiger partial charge in [0.05, 0.1) is 23.0 Å². The van der Waals surface area contributed by atoms with Crippen LogP contribution in [0.15, 0.2) is 42.6 Å². The summed E-state index contributed by atoms with van der Waals surface area (Å²) in [6.07, 6.45) is 6.24. The number of fused-ring (bicyclic) bond motifs is 1. The van der Waals surface area contributed by atoms with Gasteiger partial charge in [-0.25, -0.2) is 4.39 Å². The molecule has 5 rings (SSSR count). The zero-order valence-corrected chi connectivity index (χ0v) is 21.3. The van der Waals surface area contributed by atoms with Crippen LogP contribution in [-0.4, -0.2) is 72.3 Å². The number of aryl methyl sites for hydroxylation is 2. The molecule has 1 aromatic heterocycles. The Labute approximate surface area is 211 Å². The topological polar surface area (TPSA) is 68.4 Å². The number of carbonyl (C=O) groups is 1. The highest BCUT2D eigenvalue weighted by Crippen LogP contribution is 2.44. The third-order valence-electron chi connectivity index (χ3n) is 7.48. The maximum absolute atomic E-state index is 15.4. The number of rotatable bonds is 5. The zero-order valence-electron chi connectivity index (χ0n) is 21.3. The van der Waals surface area contributed by atoms with Gasteiger partial charge >= 0.3 is 0 Å². The number of halogens is 1. The van der Waals surface area contributed by atoms with Crippen LogP contribution >= 0.6 is 0 Å². The van der Waals surface area contributed by atoms with E-state index in [-0.39, 0.29) is 11.3 Å². The Bertz CT molecular complexity index is 1410. The smallest absolute Gasteiger partial charge is 0.246 e. The molecule has 36 heavy (non-hydrogen) atoms. The molecule has 1 amide bonds. The van der Waals surface area contributed by atoms with Gasteiger partial charge in [-0.15, -0.1) is 0 Å². The second-order valence-corrected chi connectivity index (χ2v) is 10.4. The van der Waals surface area contributed by atoms with Crippen molar-refractivity contribution in [1.29, 1.82) is 5.26 Å². The lowest BCUT2D eigenvalue weighted by Crippen LogP contribution is -2.59. The molecular formula is C28H31FN6O. The van der Waals surface area contributed by atoms with E-state index >= 15 is 4.39 Å². The van der Waals surface area contributed by atoms with Crippen LogP contribution in [0.25, 0.3) is 22.0 Å². The molecule has 0 bridgehead atoms. The van der Waals surface area contributed by atoms with Gasteiger partial charge in [0.1, 0.15) is 11.9 Å². The van der Waals surface area contributed by atoms with Gasteiger partial charge in [0.2, 0.25) is 5.91 Å². The molecule has 2 saturated heterocycles. The van der Waals surface area contributed by atoms with E-state index in [9.17, 15) is 10.1 Å². The van der Waals surface area contributed by atoms with E-state index in [2.05, 4.69) is 16.1 Å². The summed E-state index contributed by atoms with van der Waals surface area (Å²) in [4.78, 5) is 18.6. The van der Waals surface area contributed by atoms with Crippen molar-refractivity contribution in [2.45, 2.75) is 13.3 Å². The van der Waals surface area contributed by atoms with Crippen molar-refractivity contribution in [3.63, 3.8) is 0 Å². The average molecular weight is 487 g/mol. The number of nitriles is 1. The molecule has 2 aliphatic rings. The van der Waals surface area contributed by atoms with Gasteiger partial charge < -0.3 is 14.7 Å². The fourth-order valence-corrected chi connectivity index (χ4v) is 5.66. The summed E-state index contributed by atoms with van der Waals surface area (Å²) in [5, 5.41) is 15.5. The van der Waals surface area contributed by atoms with Crippen molar-refractivity contribution in [3.8, 4) is 17.2 Å². The number of amides is 1. The first-order valence-corrected chi connectivity index (χ1v) is 12.2. The Balaban J connectivity index is 1.43. The highest BCUT2D eigenvalue weighted by molar-refractivity contribution is 5.98. The van der Waals surface area contributed by atoms with Crippen molar-refractivity contribution in [2.24, 2.45) is 12.5 Å². The highest BCUT2D eigenvalue weighted by atomic mass is 19.1.